The van der Waals surface area contributed by atoms with Crippen molar-refractivity contribution in [3.63, 3.8) is 0 Å². The molecule has 0 atom stereocenters. The molecule has 8 aromatic carbocycles. The SMILES string of the molecule is Cc1ccncc1-c1ccc(-c2cc(-c3ccc(-c4cc5c6ccccc6c6ccccc6c5c5ccccc45)cc3)nc(-c3ccccc3)n2)cc1. The van der Waals surface area contributed by atoms with Gasteiger partial charge in [0.05, 0.1) is 11.4 Å². The maximum atomic E-state index is 5.11. The zero-order valence-electron chi connectivity index (χ0n) is 29.2. The highest BCUT2D eigenvalue weighted by Crippen LogP contribution is 2.43. The van der Waals surface area contributed by atoms with Gasteiger partial charge < -0.3 is 0 Å². The Morgan fingerprint density at radius 2 is 0.830 bits per heavy atom. The Kier molecular flexibility index (Phi) is 7.36. The molecule has 0 aliphatic rings. The first-order valence-corrected chi connectivity index (χ1v) is 18.0. The maximum absolute atomic E-state index is 5.11. The molecule has 0 saturated carbocycles. The molecule has 0 spiro atoms. The van der Waals surface area contributed by atoms with Crippen molar-refractivity contribution in [2.75, 3.05) is 0 Å². The lowest BCUT2D eigenvalue weighted by molar-refractivity contribution is 1.18. The second kappa shape index (κ2) is 12.7. The highest BCUT2D eigenvalue weighted by Gasteiger charge is 2.16. The van der Waals surface area contributed by atoms with Crippen LogP contribution < -0.4 is 0 Å². The van der Waals surface area contributed by atoms with E-state index in [4.69, 9.17) is 9.97 Å². The molecule has 10 rings (SSSR count). The number of aromatic nitrogens is 3. The van der Waals surface area contributed by atoms with E-state index in [9.17, 15) is 0 Å². The van der Waals surface area contributed by atoms with Crippen LogP contribution in [0.4, 0.5) is 0 Å². The third-order valence-corrected chi connectivity index (χ3v) is 10.5. The fourth-order valence-corrected chi connectivity index (χ4v) is 7.87. The number of rotatable bonds is 5. The minimum atomic E-state index is 0.703. The van der Waals surface area contributed by atoms with Crippen molar-refractivity contribution in [1.82, 2.24) is 15.0 Å². The van der Waals surface area contributed by atoms with Gasteiger partial charge in [0.1, 0.15) is 0 Å². The molecule has 2 heterocycles. The zero-order chi connectivity index (χ0) is 35.3. The molecular formula is C50H33N3. The van der Waals surface area contributed by atoms with E-state index in [0.717, 1.165) is 39.2 Å². The van der Waals surface area contributed by atoms with Crippen molar-refractivity contribution in [3.8, 4) is 56.2 Å². The third kappa shape index (κ3) is 5.33. The summed E-state index contributed by atoms with van der Waals surface area (Å²) in [6, 6.07) is 60.7. The number of nitrogens with zero attached hydrogens (tertiary/aromatic N) is 3. The van der Waals surface area contributed by atoms with Crippen molar-refractivity contribution in [3.05, 3.63) is 188 Å². The van der Waals surface area contributed by atoms with Crippen LogP contribution >= 0.6 is 0 Å². The molecule has 2 aromatic heterocycles. The highest BCUT2D eigenvalue weighted by atomic mass is 14.9. The van der Waals surface area contributed by atoms with Crippen LogP contribution in [0.5, 0.6) is 0 Å². The number of pyridine rings is 1. The van der Waals surface area contributed by atoms with Gasteiger partial charge in [0.25, 0.3) is 0 Å². The lowest BCUT2D eigenvalue weighted by atomic mass is 9.87. The average molecular weight is 676 g/mol. The minimum absolute atomic E-state index is 0.703. The smallest absolute Gasteiger partial charge is 0.160 e. The second-order valence-corrected chi connectivity index (χ2v) is 13.7. The fraction of sp³-hybridized carbons (Fsp3) is 0.0200. The van der Waals surface area contributed by atoms with Gasteiger partial charge in [0, 0.05) is 34.6 Å². The summed E-state index contributed by atoms with van der Waals surface area (Å²) in [6.07, 6.45) is 3.76. The summed E-state index contributed by atoms with van der Waals surface area (Å²) < 4.78 is 0. The first-order chi connectivity index (χ1) is 26.2. The van der Waals surface area contributed by atoms with E-state index in [1.165, 1.54) is 59.8 Å². The summed E-state index contributed by atoms with van der Waals surface area (Å²) in [5.41, 5.74) is 10.7. The van der Waals surface area contributed by atoms with Gasteiger partial charge in [-0.05, 0) is 90.5 Å². The molecule has 0 fully saturated rings. The van der Waals surface area contributed by atoms with Crippen LogP contribution in [0.2, 0.25) is 0 Å². The molecule has 3 nitrogen and oxygen atoms in total. The largest absolute Gasteiger partial charge is 0.264 e. The Morgan fingerprint density at radius 3 is 1.43 bits per heavy atom. The van der Waals surface area contributed by atoms with Gasteiger partial charge in [-0.15, -0.1) is 0 Å². The lowest BCUT2D eigenvalue weighted by Crippen LogP contribution is -1.96. The summed E-state index contributed by atoms with van der Waals surface area (Å²) in [7, 11) is 0. The van der Waals surface area contributed by atoms with E-state index in [1.54, 1.807) is 0 Å². The van der Waals surface area contributed by atoms with E-state index < -0.39 is 0 Å². The summed E-state index contributed by atoms with van der Waals surface area (Å²) in [6.45, 7) is 2.12. The number of hydrogen-bond acceptors (Lipinski definition) is 3. The fourth-order valence-electron chi connectivity index (χ4n) is 7.87. The molecule has 53 heavy (non-hydrogen) atoms. The van der Waals surface area contributed by atoms with Crippen molar-refractivity contribution >= 4 is 43.1 Å². The molecule has 0 aliphatic carbocycles. The molecule has 0 saturated heterocycles. The van der Waals surface area contributed by atoms with Crippen molar-refractivity contribution in [1.29, 1.82) is 0 Å². The average Bonchev–Trinajstić information content (AvgIpc) is 3.24. The van der Waals surface area contributed by atoms with Crippen LogP contribution in [0, 0.1) is 6.92 Å². The molecule has 0 amide bonds. The van der Waals surface area contributed by atoms with Crippen molar-refractivity contribution < 1.29 is 0 Å². The van der Waals surface area contributed by atoms with E-state index in [2.05, 4.69) is 158 Å². The Bertz CT molecular complexity index is 2980. The Balaban J connectivity index is 1.10. The monoisotopic (exact) mass is 675 g/mol. The highest BCUT2D eigenvalue weighted by molar-refractivity contribution is 6.33. The topological polar surface area (TPSA) is 38.7 Å². The van der Waals surface area contributed by atoms with E-state index in [0.29, 0.717) is 5.82 Å². The van der Waals surface area contributed by atoms with Crippen LogP contribution in [0.1, 0.15) is 5.56 Å². The van der Waals surface area contributed by atoms with Crippen LogP contribution in [0.3, 0.4) is 0 Å². The molecule has 0 aliphatic heterocycles. The lowest BCUT2D eigenvalue weighted by Gasteiger charge is -2.16. The number of aryl methyl sites for hydroxylation is 1. The van der Waals surface area contributed by atoms with Crippen molar-refractivity contribution in [2.45, 2.75) is 6.92 Å². The first kappa shape index (κ1) is 30.8. The van der Waals surface area contributed by atoms with Gasteiger partial charge in [0.15, 0.2) is 5.82 Å². The van der Waals surface area contributed by atoms with Crippen LogP contribution in [-0.2, 0) is 0 Å². The molecule has 0 N–H and O–H groups in total. The molecule has 10 aromatic rings. The molecule has 248 valence electrons. The van der Waals surface area contributed by atoms with E-state index in [1.807, 2.05) is 36.7 Å². The molecule has 0 bridgehead atoms. The number of benzene rings is 8. The summed E-state index contributed by atoms with van der Waals surface area (Å²) in [4.78, 5) is 14.5. The molecule has 0 unspecified atom stereocenters. The third-order valence-electron chi connectivity index (χ3n) is 10.5. The van der Waals surface area contributed by atoms with Gasteiger partial charge >= 0.3 is 0 Å². The maximum Gasteiger partial charge on any atom is 0.160 e. The van der Waals surface area contributed by atoms with E-state index in [-0.39, 0.29) is 0 Å². The van der Waals surface area contributed by atoms with E-state index >= 15 is 0 Å². The Hall–Kier alpha value is -6.97. The molecular weight excluding hydrogens is 643 g/mol. The molecule has 0 radical (unpaired) electrons. The van der Waals surface area contributed by atoms with Gasteiger partial charge in [-0.25, -0.2) is 9.97 Å². The zero-order valence-corrected chi connectivity index (χ0v) is 29.2. The van der Waals surface area contributed by atoms with Gasteiger partial charge in [-0.1, -0.05) is 152 Å². The van der Waals surface area contributed by atoms with Gasteiger partial charge in [0.2, 0.25) is 0 Å². The van der Waals surface area contributed by atoms with Crippen molar-refractivity contribution in [2.24, 2.45) is 0 Å². The summed E-state index contributed by atoms with van der Waals surface area (Å²) in [5, 5.41) is 10.2. The second-order valence-electron chi connectivity index (χ2n) is 13.7. The summed E-state index contributed by atoms with van der Waals surface area (Å²) in [5.74, 6) is 0.703. The standard InChI is InChI=1S/C50H33N3/c1-32-27-28-51-31-46(32)34-21-25-36(26-22-34)48-30-47(52-50(53-48)37-11-3-2-4-12-37)35-23-19-33(20-24-35)44-29-45-40-15-6-5-13-38(40)39-14-7-9-17-42(39)49(45)43-18-10-8-16-41(43)44/h2-31H,1H3. The number of hydrogen-bond donors (Lipinski definition) is 0. The predicted octanol–water partition coefficient (Wildman–Crippen LogP) is 13.1. The number of fused-ring (bicyclic) bond motifs is 8. The summed E-state index contributed by atoms with van der Waals surface area (Å²) >= 11 is 0. The normalized spacial score (nSPS) is 11.5. The quantitative estimate of drug-likeness (QED) is 0.170. The molecule has 3 heteroatoms. The van der Waals surface area contributed by atoms with Gasteiger partial charge in [-0.3, -0.25) is 4.98 Å². The van der Waals surface area contributed by atoms with Crippen LogP contribution in [0.15, 0.2) is 182 Å². The minimum Gasteiger partial charge on any atom is -0.264 e. The van der Waals surface area contributed by atoms with Crippen LogP contribution in [-0.4, -0.2) is 15.0 Å². The Labute approximate surface area is 307 Å². The van der Waals surface area contributed by atoms with Crippen LogP contribution in [0.25, 0.3) is 99.2 Å². The Morgan fingerprint density at radius 1 is 0.358 bits per heavy atom. The van der Waals surface area contributed by atoms with Gasteiger partial charge in [-0.2, -0.15) is 0 Å². The predicted molar refractivity (Wildman–Crippen MR) is 222 cm³/mol. The first-order valence-electron chi connectivity index (χ1n) is 18.0.